The van der Waals surface area contributed by atoms with Crippen molar-refractivity contribution >= 4 is 50.2 Å². The zero-order chi connectivity index (χ0) is 35.7. The van der Waals surface area contributed by atoms with Crippen molar-refractivity contribution in [1.29, 1.82) is 0 Å². The molecule has 14 nitrogen and oxygen atoms in total. The van der Waals surface area contributed by atoms with Gasteiger partial charge in [-0.15, -0.1) is 0 Å². The van der Waals surface area contributed by atoms with Crippen molar-refractivity contribution in [3.63, 3.8) is 0 Å². The van der Waals surface area contributed by atoms with Crippen LogP contribution in [0.1, 0.15) is 42.4 Å². The monoisotopic (exact) mass is 697 g/mol. The number of anilines is 2. The molecule has 15 heteroatoms. The molecule has 2 aliphatic rings. The van der Waals surface area contributed by atoms with Crippen LogP contribution in [0.15, 0.2) is 36.4 Å². The SMILES string of the molecule is COc1c(NC(=O)c2cc3cccc(CN4CCN(C(=O)CN5CCN(C(=O)O)CC5)CC4)c3n2C)cc(C(C)(C)C)cc1NS(C)(=O)=O. The van der Waals surface area contributed by atoms with Crippen LogP contribution in [0.3, 0.4) is 0 Å². The number of nitrogens with one attached hydrogen (secondary N) is 2. The molecule has 2 aliphatic heterocycles. The van der Waals surface area contributed by atoms with Gasteiger partial charge in [0, 0.05) is 71.3 Å². The summed E-state index contributed by atoms with van der Waals surface area (Å²) in [7, 11) is -0.334. The number of carbonyl (C=O) groups is 3. The van der Waals surface area contributed by atoms with Crippen molar-refractivity contribution < 1.29 is 32.6 Å². The number of hydrogen-bond acceptors (Lipinski definition) is 8. The van der Waals surface area contributed by atoms with E-state index in [9.17, 15) is 22.8 Å². The third kappa shape index (κ3) is 8.46. The number of benzene rings is 2. The van der Waals surface area contributed by atoms with E-state index in [1.54, 1.807) is 6.07 Å². The summed E-state index contributed by atoms with van der Waals surface area (Å²) in [6, 6.07) is 11.4. The minimum Gasteiger partial charge on any atom is -0.492 e. The highest BCUT2D eigenvalue weighted by Crippen LogP contribution is 2.39. The van der Waals surface area contributed by atoms with Crippen LogP contribution >= 0.6 is 0 Å². The number of fused-ring (bicyclic) bond motifs is 1. The average Bonchev–Trinajstić information content (AvgIpc) is 3.37. The number of amides is 3. The fourth-order valence-electron chi connectivity index (χ4n) is 6.47. The molecule has 3 aromatic rings. The molecule has 5 rings (SSSR count). The second-order valence-corrected chi connectivity index (χ2v) is 15.6. The summed E-state index contributed by atoms with van der Waals surface area (Å²) in [5.41, 5.74) is 3.49. The molecule has 0 saturated carbocycles. The Labute approximate surface area is 287 Å². The number of hydrogen-bond donors (Lipinski definition) is 3. The van der Waals surface area contributed by atoms with Gasteiger partial charge < -0.3 is 29.5 Å². The summed E-state index contributed by atoms with van der Waals surface area (Å²) in [6.07, 6.45) is 0.145. The largest absolute Gasteiger partial charge is 0.492 e. The number of nitrogens with zero attached hydrogens (tertiary/aromatic N) is 5. The molecule has 0 unspecified atom stereocenters. The fourth-order valence-corrected chi connectivity index (χ4v) is 7.02. The van der Waals surface area contributed by atoms with Gasteiger partial charge in [-0.25, -0.2) is 13.2 Å². The molecule has 3 heterocycles. The van der Waals surface area contributed by atoms with Gasteiger partial charge in [0.1, 0.15) is 5.69 Å². The molecule has 2 saturated heterocycles. The lowest BCUT2D eigenvalue weighted by Gasteiger charge is -2.37. The highest BCUT2D eigenvalue weighted by molar-refractivity contribution is 7.92. The molecule has 2 aromatic carbocycles. The number of aromatic nitrogens is 1. The van der Waals surface area contributed by atoms with Crippen LogP contribution in [-0.2, 0) is 33.8 Å². The molecule has 0 spiro atoms. The van der Waals surface area contributed by atoms with E-state index in [0.717, 1.165) is 28.3 Å². The molecular formula is C34H47N7O7S. The first-order valence-electron chi connectivity index (χ1n) is 16.3. The molecule has 1 aromatic heterocycles. The Balaban J connectivity index is 1.28. The predicted molar refractivity (Wildman–Crippen MR) is 189 cm³/mol. The Morgan fingerprint density at radius 1 is 0.898 bits per heavy atom. The zero-order valence-corrected chi connectivity index (χ0v) is 29.9. The molecule has 0 bridgehead atoms. The maximum atomic E-state index is 13.8. The maximum absolute atomic E-state index is 13.8. The molecular weight excluding hydrogens is 650 g/mol. The predicted octanol–water partition coefficient (Wildman–Crippen LogP) is 3.05. The maximum Gasteiger partial charge on any atom is 0.407 e. The lowest BCUT2D eigenvalue weighted by Crippen LogP contribution is -2.54. The van der Waals surface area contributed by atoms with Crippen LogP contribution in [0.25, 0.3) is 10.9 Å². The Hall–Kier alpha value is -4.34. The van der Waals surface area contributed by atoms with Crippen LogP contribution in [0.4, 0.5) is 16.2 Å². The second-order valence-electron chi connectivity index (χ2n) is 13.8. The summed E-state index contributed by atoms with van der Waals surface area (Å²) in [4.78, 5) is 45.6. The smallest absolute Gasteiger partial charge is 0.407 e. The number of sulfonamides is 1. The normalized spacial score (nSPS) is 16.5. The van der Waals surface area contributed by atoms with E-state index in [0.29, 0.717) is 76.8 Å². The van der Waals surface area contributed by atoms with Crippen LogP contribution in [0, 0.1) is 0 Å². The first-order valence-corrected chi connectivity index (χ1v) is 18.2. The van der Waals surface area contributed by atoms with Crippen molar-refractivity contribution in [3.8, 4) is 5.75 Å². The average molecular weight is 698 g/mol. The molecule has 2 fully saturated rings. The Kier molecular flexibility index (Phi) is 10.5. The van der Waals surface area contributed by atoms with Crippen LogP contribution < -0.4 is 14.8 Å². The van der Waals surface area contributed by atoms with Crippen LogP contribution in [0.2, 0.25) is 0 Å². The number of methoxy groups -OCH3 is 1. The van der Waals surface area contributed by atoms with E-state index in [-0.39, 0.29) is 28.7 Å². The quantitative estimate of drug-likeness (QED) is 0.306. The summed E-state index contributed by atoms with van der Waals surface area (Å²) < 4.78 is 34.3. The number of carbonyl (C=O) groups excluding carboxylic acids is 2. The van der Waals surface area contributed by atoms with Crippen molar-refractivity contribution in [1.82, 2.24) is 24.2 Å². The van der Waals surface area contributed by atoms with E-state index in [2.05, 4.69) is 21.0 Å². The number of rotatable bonds is 9. The fraction of sp³-hybridized carbons (Fsp3) is 0.500. The molecule has 0 radical (unpaired) electrons. The third-order valence-corrected chi connectivity index (χ3v) is 9.79. The number of aryl methyl sites for hydroxylation is 1. The van der Waals surface area contributed by atoms with Gasteiger partial charge in [-0.3, -0.25) is 24.1 Å². The highest BCUT2D eigenvalue weighted by Gasteiger charge is 2.27. The van der Waals surface area contributed by atoms with Gasteiger partial charge in [-0.05, 0) is 34.7 Å². The van der Waals surface area contributed by atoms with E-state index in [1.165, 1.54) is 12.0 Å². The van der Waals surface area contributed by atoms with Gasteiger partial charge in [0.05, 0.1) is 36.8 Å². The lowest BCUT2D eigenvalue weighted by atomic mass is 9.86. The zero-order valence-electron chi connectivity index (χ0n) is 29.1. The summed E-state index contributed by atoms with van der Waals surface area (Å²) in [5.74, 6) is -0.0899. The molecule has 49 heavy (non-hydrogen) atoms. The second kappa shape index (κ2) is 14.3. The van der Waals surface area contributed by atoms with Gasteiger partial charge in [0.2, 0.25) is 15.9 Å². The first-order chi connectivity index (χ1) is 23.0. The van der Waals surface area contributed by atoms with Gasteiger partial charge in [-0.1, -0.05) is 39.0 Å². The number of para-hydroxylation sites is 1. The topological polar surface area (TPSA) is 157 Å². The highest BCUT2D eigenvalue weighted by atomic mass is 32.2. The van der Waals surface area contributed by atoms with E-state index in [4.69, 9.17) is 9.84 Å². The first kappa shape index (κ1) is 36.0. The molecule has 0 atom stereocenters. The number of carboxylic acid groups (broad SMARTS) is 1. The number of piperazine rings is 2. The summed E-state index contributed by atoms with van der Waals surface area (Å²) in [6.45, 7) is 11.5. The Morgan fingerprint density at radius 2 is 1.51 bits per heavy atom. The van der Waals surface area contributed by atoms with Crippen molar-refractivity contribution in [2.45, 2.75) is 32.7 Å². The molecule has 266 valence electrons. The van der Waals surface area contributed by atoms with Gasteiger partial charge in [0.25, 0.3) is 5.91 Å². The summed E-state index contributed by atoms with van der Waals surface area (Å²) >= 11 is 0. The number of ether oxygens (including phenoxy) is 1. The third-order valence-electron chi connectivity index (χ3n) is 9.20. The van der Waals surface area contributed by atoms with Crippen molar-refractivity contribution in [3.05, 3.63) is 53.2 Å². The van der Waals surface area contributed by atoms with E-state index < -0.39 is 16.1 Å². The van der Waals surface area contributed by atoms with Gasteiger partial charge in [-0.2, -0.15) is 0 Å². The Bertz CT molecular complexity index is 1830. The minimum atomic E-state index is -3.62. The molecule has 3 amide bonds. The summed E-state index contributed by atoms with van der Waals surface area (Å²) in [5, 5.41) is 13.1. The minimum absolute atomic E-state index is 0.0625. The lowest BCUT2D eigenvalue weighted by molar-refractivity contribution is -0.134. The Morgan fingerprint density at radius 3 is 2.10 bits per heavy atom. The molecule has 3 N–H and O–H groups in total. The van der Waals surface area contributed by atoms with E-state index >= 15 is 0 Å². The van der Waals surface area contributed by atoms with Crippen molar-refractivity contribution in [2.24, 2.45) is 7.05 Å². The standard InChI is InChI=1S/C34H47N7O7S/c1-34(2,3)25-19-26(31(48-5)27(20-25)36-49(6,46)47)35-32(43)28-18-23-8-7-9-24(30(23)37(28)4)21-38-10-14-40(15-11-38)29(42)22-39-12-16-41(17-13-39)33(44)45/h7-9,18-20,36H,10-17,21-22H2,1-6H3,(H,35,43)(H,44,45). The van der Waals surface area contributed by atoms with Crippen molar-refractivity contribution in [2.75, 3.05) is 82.3 Å². The van der Waals surface area contributed by atoms with Gasteiger partial charge in [0.15, 0.2) is 5.75 Å². The van der Waals surface area contributed by atoms with Crippen LogP contribution in [-0.4, -0.2) is 128 Å². The van der Waals surface area contributed by atoms with Gasteiger partial charge >= 0.3 is 6.09 Å². The molecule has 0 aliphatic carbocycles. The van der Waals surface area contributed by atoms with Crippen LogP contribution in [0.5, 0.6) is 5.75 Å². The van der Waals surface area contributed by atoms with E-state index in [1.807, 2.05) is 66.5 Å².